The Morgan fingerprint density at radius 1 is 1.41 bits per heavy atom. The van der Waals surface area contributed by atoms with E-state index in [0.717, 1.165) is 43.1 Å². The Bertz CT molecular complexity index is 575. The van der Waals surface area contributed by atoms with Crippen LogP contribution in [0.5, 0.6) is 5.75 Å². The Morgan fingerprint density at radius 3 is 2.95 bits per heavy atom. The fraction of sp³-hybridized carbons (Fsp3) is 0.588. The van der Waals surface area contributed by atoms with Gasteiger partial charge >= 0.3 is 6.09 Å². The van der Waals surface area contributed by atoms with Gasteiger partial charge in [-0.2, -0.15) is 0 Å². The van der Waals surface area contributed by atoms with Crippen molar-refractivity contribution in [1.82, 2.24) is 4.90 Å². The van der Waals surface area contributed by atoms with E-state index in [1.54, 1.807) is 7.11 Å². The zero-order valence-electron chi connectivity index (χ0n) is 13.1. The summed E-state index contributed by atoms with van der Waals surface area (Å²) in [5.41, 5.74) is 2.49. The zero-order chi connectivity index (χ0) is 15.7. The van der Waals surface area contributed by atoms with Gasteiger partial charge in [-0.25, -0.2) is 4.79 Å². The van der Waals surface area contributed by atoms with E-state index in [0.29, 0.717) is 18.4 Å². The van der Waals surface area contributed by atoms with Gasteiger partial charge in [0.05, 0.1) is 13.7 Å². The smallest absolute Gasteiger partial charge is 0.409 e. The van der Waals surface area contributed by atoms with Crippen LogP contribution in [0.4, 0.5) is 4.79 Å². The standard InChI is InChI=1S/C17H22ClNO3/c1-3-22-17(20)19-9-8-12-11(10-19)4-5-13-14(18)6-7-15(21-2)16(12)13/h6-7,11-12H,3-5,8-10H2,1-2H3/t11-,12-/m0/s1. The number of methoxy groups -OCH3 is 1. The third kappa shape index (κ3) is 2.65. The molecule has 2 aliphatic rings. The lowest BCUT2D eigenvalue weighted by Gasteiger charge is -2.42. The van der Waals surface area contributed by atoms with Gasteiger partial charge in [-0.3, -0.25) is 0 Å². The van der Waals surface area contributed by atoms with E-state index in [2.05, 4.69) is 0 Å². The van der Waals surface area contributed by atoms with Crippen LogP contribution in [-0.2, 0) is 11.2 Å². The van der Waals surface area contributed by atoms with Gasteiger partial charge in [0.1, 0.15) is 5.75 Å². The molecule has 2 atom stereocenters. The topological polar surface area (TPSA) is 38.8 Å². The van der Waals surface area contributed by atoms with E-state index in [4.69, 9.17) is 21.1 Å². The predicted molar refractivity (Wildman–Crippen MR) is 85.8 cm³/mol. The van der Waals surface area contributed by atoms with Gasteiger partial charge in [0.15, 0.2) is 0 Å². The average Bonchev–Trinajstić information content (AvgIpc) is 2.54. The van der Waals surface area contributed by atoms with Crippen molar-refractivity contribution in [3.63, 3.8) is 0 Å². The van der Waals surface area contributed by atoms with Crippen LogP contribution in [0.15, 0.2) is 12.1 Å². The van der Waals surface area contributed by atoms with Crippen molar-refractivity contribution in [2.75, 3.05) is 26.8 Å². The summed E-state index contributed by atoms with van der Waals surface area (Å²) in [6.07, 6.45) is 2.75. The van der Waals surface area contributed by atoms with E-state index in [9.17, 15) is 4.79 Å². The summed E-state index contributed by atoms with van der Waals surface area (Å²) in [6.45, 7) is 3.76. The number of carbonyl (C=O) groups excluding carboxylic acids is 1. The highest BCUT2D eigenvalue weighted by atomic mass is 35.5. The number of fused-ring (bicyclic) bond motifs is 3. The minimum atomic E-state index is -0.190. The molecule has 1 saturated heterocycles. The van der Waals surface area contributed by atoms with Crippen LogP contribution < -0.4 is 4.74 Å². The van der Waals surface area contributed by atoms with Gasteiger partial charge in [-0.15, -0.1) is 0 Å². The SMILES string of the molecule is CCOC(=O)N1CC[C@@H]2c3c(OC)ccc(Cl)c3CC[C@H]2C1. The summed E-state index contributed by atoms with van der Waals surface area (Å²) >= 11 is 6.38. The second kappa shape index (κ2) is 6.37. The third-order valence-electron chi connectivity index (χ3n) is 4.88. The number of hydrogen-bond acceptors (Lipinski definition) is 3. The number of benzene rings is 1. The molecule has 1 aromatic rings. The van der Waals surface area contributed by atoms with Crippen molar-refractivity contribution in [3.05, 3.63) is 28.3 Å². The maximum absolute atomic E-state index is 12.0. The molecule has 0 aromatic heterocycles. The molecule has 0 radical (unpaired) electrons. The number of hydrogen-bond donors (Lipinski definition) is 0. The summed E-state index contributed by atoms with van der Waals surface area (Å²) in [5.74, 6) is 1.81. The Labute approximate surface area is 136 Å². The van der Waals surface area contributed by atoms with Crippen LogP contribution in [0.3, 0.4) is 0 Å². The molecule has 120 valence electrons. The molecule has 0 unspecified atom stereocenters. The largest absolute Gasteiger partial charge is 0.496 e. The molecule has 5 heteroatoms. The average molecular weight is 324 g/mol. The minimum Gasteiger partial charge on any atom is -0.496 e. The highest BCUT2D eigenvalue weighted by Gasteiger charge is 2.38. The van der Waals surface area contributed by atoms with Crippen LogP contribution in [-0.4, -0.2) is 37.8 Å². The molecule has 0 spiro atoms. The molecule has 1 aromatic carbocycles. The first-order valence-corrected chi connectivity index (χ1v) is 8.30. The Kier molecular flexibility index (Phi) is 4.48. The molecule has 3 rings (SSSR count). The van der Waals surface area contributed by atoms with E-state index in [1.165, 1.54) is 11.1 Å². The number of ether oxygens (including phenoxy) is 2. The van der Waals surface area contributed by atoms with E-state index >= 15 is 0 Å². The molecular weight excluding hydrogens is 302 g/mol. The molecule has 1 aliphatic carbocycles. The van der Waals surface area contributed by atoms with Crippen LogP contribution >= 0.6 is 11.6 Å². The van der Waals surface area contributed by atoms with Crippen molar-refractivity contribution < 1.29 is 14.3 Å². The van der Waals surface area contributed by atoms with Crippen molar-refractivity contribution in [2.24, 2.45) is 5.92 Å². The fourth-order valence-corrected chi connectivity index (χ4v) is 4.13. The number of piperidine rings is 1. The number of rotatable bonds is 2. The molecule has 1 aliphatic heterocycles. The van der Waals surface area contributed by atoms with Crippen molar-refractivity contribution in [2.45, 2.75) is 32.1 Å². The minimum absolute atomic E-state index is 0.190. The zero-order valence-corrected chi connectivity index (χ0v) is 13.9. The molecule has 0 bridgehead atoms. The Hall–Kier alpha value is -1.42. The van der Waals surface area contributed by atoms with Crippen molar-refractivity contribution in [1.29, 1.82) is 0 Å². The molecule has 22 heavy (non-hydrogen) atoms. The highest BCUT2D eigenvalue weighted by Crippen LogP contribution is 2.47. The Morgan fingerprint density at radius 2 is 2.23 bits per heavy atom. The van der Waals surface area contributed by atoms with Crippen LogP contribution in [0, 0.1) is 5.92 Å². The summed E-state index contributed by atoms with van der Waals surface area (Å²) in [7, 11) is 1.71. The second-order valence-corrected chi connectivity index (χ2v) is 6.39. The van der Waals surface area contributed by atoms with Crippen molar-refractivity contribution in [3.8, 4) is 5.75 Å². The van der Waals surface area contributed by atoms with Gasteiger partial charge in [-0.1, -0.05) is 11.6 Å². The summed E-state index contributed by atoms with van der Waals surface area (Å²) in [5, 5.41) is 0.835. The lowest BCUT2D eigenvalue weighted by Crippen LogP contribution is -2.44. The van der Waals surface area contributed by atoms with Crippen LogP contribution in [0.25, 0.3) is 0 Å². The van der Waals surface area contributed by atoms with Crippen molar-refractivity contribution >= 4 is 17.7 Å². The van der Waals surface area contributed by atoms with Crippen LogP contribution in [0.2, 0.25) is 5.02 Å². The number of amides is 1. The highest BCUT2D eigenvalue weighted by molar-refractivity contribution is 6.31. The molecule has 0 saturated carbocycles. The second-order valence-electron chi connectivity index (χ2n) is 5.98. The van der Waals surface area contributed by atoms with E-state index in [1.807, 2.05) is 24.0 Å². The maximum Gasteiger partial charge on any atom is 0.409 e. The molecule has 1 amide bonds. The first-order valence-electron chi connectivity index (χ1n) is 7.92. The fourth-order valence-electron chi connectivity index (χ4n) is 3.87. The molecule has 1 fully saturated rings. The number of carbonyl (C=O) groups is 1. The molecule has 0 N–H and O–H groups in total. The first-order chi connectivity index (χ1) is 10.7. The molecule has 4 nitrogen and oxygen atoms in total. The summed E-state index contributed by atoms with van der Waals surface area (Å²) in [4.78, 5) is 13.8. The number of likely N-dealkylation sites (tertiary alicyclic amines) is 1. The van der Waals surface area contributed by atoms with Gasteiger partial charge in [0, 0.05) is 23.7 Å². The lowest BCUT2D eigenvalue weighted by atomic mass is 9.71. The maximum atomic E-state index is 12.0. The monoisotopic (exact) mass is 323 g/mol. The van der Waals surface area contributed by atoms with Gasteiger partial charge < -0.3 is 14.4 Å². The Balaban J connectivity index is 1.85. The van der Waals surface area contributed by atoms with E-state index in [-0.39, 0.29) is 6.09 Å². The van der Waals surface area contributed by atoms with Gasteiger partial charge in [0.25, 0.3) is 0 Å². The first kappa shape index (κ1) is 15.5. The third-order valence-corrected chi connectivity index (χ3v) is 5.23. The predicted octanol–water partition coefficient (Wildman–Crippen LogP) is 3.86. The number of nitrogens with zero attached hydrogens (tertiary/aromatic N) is 1. The normalized spacial score (nSPS) is 23.5. The summed E-state index contributed by atoms with van der Waals surface area (Å²) < 4.78 is 10.7. The summed E-state index contributed by atoms with van der Waals surface area (Å²) in [6, 6.07) is 3.88. The van der Waals surface area contributed by atoms with E-state index < -0.39 is 0 Å². The van der Waals surface area contributed by atoms with Gasteiger partial charge in [-0.05, 0) is 55.7 Å². The molecule has 1 heterocycles. The van der Waals surface area contributed by atoms with Crippen LogP contribution in [0.1, 0.15) is 36.8 Å². The lowest BCUT2D eigenvalue weighted by molar-refractivity contribution is 0.0794. The quantitative estimate of drug-likeness (QED) is 0.829. The molecular formula is C17H22ClNO3. The van der Waals surface area contributed by atoms with Gasteiger partial charge in [0.2, 0.25) is 0 Å². The number of halogens is 1.